The lowest BCUT2D eigenvalue weighted by Crippen LogP contribution is -2.34. The van der Waals surface area contributed by atoms with Crippen molar-refractivity contribution in [3.8, 4) is 0 Å². The molecule has 0 heterocycles. The van der Waals surface area contributed by atoms with Gasteiger partial charge in [0.2, 0.25) is 0 Å². The van der Waals surface area contributed by atoms with Crippen molar-refractivity contribution in [2.45, 2.75) is 6.92 Å². The number of fused-ring (bicyclic) bond motifs is 1. The number of nitrogens with one attached hydrogen (secondary N) is 2. The van der Waals surface area contributed by atoms with E-state index in [1.807, 2.05) is 31.2 Å². The minimum atomic E-state index is -1.03. The van der Waals surface area contributed by atoms with E-state index < -0.39 is 5.97 Å². The first-order valence-electron chi connectivity index (χ1n) is 8.00. The molecule has 0 aliphatic heterocycles. The van der Waals surface area contributed by atoms with Gasteiger partial charge in [0.25, 0.3) is 5.91 Å². The van der Waals surface area contributed by atoms with Gasteiger partial charge in [0.05, 0.1) is 5.56 Å². The van der Waals surface area contributed by atoms with Crippen LogP contribution < -0.4 is 10.6 Å². The predicted molar refractivity (Wildman–Crippen MR) is 113 cm³/mol. The van der Waals surface area contributed by atoms with Gasteiger partial charge in [-0.05, 0) is 59.7 Å². The van der Waals surface area contributed by atoms with Gasteiger partial charge in [0.15, 0.2) is 5.11 Å². The number of anilines is 1. The first-order chi connectivity index (χ1) is 12.9. The zero-order valence-electron chi connectivity index (χ0n) is 14.2. The van der Waals surface area contributed by atoms with Crippen LogP contribution in [0.4, 0.5) is 5.69 Å². The molecule has 0 atom stereocenters. The standard InChI is InChI=1S/C20H15BrN2O3S/c1-11-8-9-12(19(25)26)10-17(11)22-20(27)23-18(24)15-6-2-5-14-13(15)4-3-7-16(14)21/h2-10H,1H3,(H,25,26)(H2,22,23,24,27). The third kappa shape index (κ3) is 4.15. The van der Waals surface area contributed by atoms with Crippen LogP contribution in [0, 0.1) is 6.92 Å². The molecular weight excluding hydrogens is 428 g/mol. The molecule has 3 aromatic carbocycles. The van der Waals surface area contributed by atoms with Gasteiger partial charge in [0.1, 0.15) is 0 Å². The minimum absolute atomic E-state index is 0.0950. The second-order valence-corrected chi connectivity index (χ2v) is 7.15. The van der Waals surface area contributed by atoms with Gasteiger partial charge in [0, 0.05) is 15.7 Å². The van der Waals surface area contributed by atoms with E-state index in [1.165, 1.54) is 12.1 Å². The fraction of sp³-hybridized carbons (Fsp3) is 0.0500. The summed E-state index contributed by atoms with van der Waals surface area (Å²) in [5, 5.41) is 16.5. The summed E-state index contributed by atoms with van der Waals surface area (Å²) in [6.07, 6.45) is 0. The van der Waals surface area contributed by atoms with Gasteiger partial charge in [-0.1, -0.05) is 46.3 Å². The molecule has 27 heavy (non-hydrogen) atoms. The van der Waals surface area contributed by atoms with Crippen LogP contribution >= 0.6 is 28.1 Å². The summed E-state index contributed by atoms with van der Waals surface area (Å²) in [6, 6.07) is 15.8. The summed E-state index contributed by atoms with van der Waals surface area (Å²) in [5.74, 6) is -1.38. The van der Waals surface area contributed by atoms with Crippen LogP contribution in [0.25, 0.3) is 10.8 Å². The highest BCUT2D eigenvalue weighted by Crippen LogP contribution is 2.26. The van der Waals surface area contributed by atoms with Crippen LogP contribution in [0.15, 0.2) is 59.1 Å². The Morgan fingerprint density at radius 3 is 2.48 bits per heavy atom. The summed E-state index contributed by atoms with van der Waals surface area (Å²) in [4.78, 5) is 23.8. The number of benzene rings is 3. The van der Waals surface area contributed by atoms with Crippen LogP contribution in [-0.4, -0.2) is 22.1 Å². The SMILES string of the molecule is Cc1ccc(C(=O)O)cc1NC(=S)NC(=O)c1cccc2c(Br)cccc12. The lowest BCUT2D eigenvalue weighted by Gasteiger charge is -2.13. The highest BCUT2D eigenvalue weighted by molar-refractivity contribution is 9.10. The molecule has 0 aromatic heterocycles. The highest BCUT2D eigenvalue weighted by atomic mass is 79.9. The lowest BCUT2D eigenvalue weighted by atomic mass is 10.0. The van der Waals surface area contributed by atoms with Crippen molar-refractivity contribution in [2.24, 2.45) is 0 Å². The first kappa shape index (κ1) is 19.0. The number of hydrogen-bond donors (Lipinski definition) is 3. The number of thiocarbonyl (C=S) groups is 1. The molecule has 0 saturated carbocycles. The molecule has 0 fully saturated rings. The molecule has 3 rings (SSSR count). The fourth-order valence-electron chi connectivity index (χ4n) is 2.68. The van der Waals surface area contributed by atoms with E-state index in [1.54, 1.807) is 18.2 Å². The zero-order chi connectivity index (χ0) is 19.6. The van der Waals surface area contributed by atoms with Crippen LogP contribution in [0.5, 0.6) is 0 Å². The summed E-state index contributed by atoms with van der Waals surface area (Å²) in [6.45, 7) is 1.82. The molecule has 3 N–H and O–H groups in total. The number of amides is 1. The second-order valence-electron chi connectivity index (χ2n) is 5.88. The molecule has 136 valence electrons. The van der Waals surface area contributed by atoms with E-state index >= 15 is 0 Å². The highest BCUT2D eigenvalue weighted by Gasteiger charge is 2.13. The van der Waals surface area contributed by atoms with E-state index in [9.17, 15) is 9.59 Å². The number of aromatic carboxylic acids is 1. The van der Waals surface area contributed by atoms with Gasteiger partial charge >= 0.3 is 5.97 Å². The lowest BCUT2D eigenvalue weighted by molar-refractivity contribution is 0.0696. The summed E-state index contributed by atoms with van der Waals surface area (Å²) in [7, 11) is 0. The zero-order valence-corrected chi connectivity index (χ0v) is 16.6. The second kappa shape index (κ2) is 7.85. The number of carboxylic acids is 1. The van der Waals surface area contributed by atoms with E-state index in [0.717, 1.165) is 20.8 Å². The van der Waals surface area contributed by atoms with Crippen LogP contribution in [0.1, 0.15) is 26.3 Å². The van der Waals surface area contributed by atoms with Gasteiger partial charge < -0.3 is 10.4 Å². The Labute approximate surface area is 169 Å². The number of rotatable bonds is 3. The van der Waals surface area contributed by atoms with Crippen LogP contribution in [0.3, 0.4) is 0 Å². The van der Waals surface area contributed by atoms with Gasteiger partial charge in [-0.25, -0.2) is 4.79 Å². The molecule has 3 aromatic rings. The maximum absolute atomic E-state index is 12.7. The third-order valence-corrected chi connectivity index (χ3v) is 4.97. The van der Waals surface area contributed by atoms with Crippen molar-refractivity contribution in [2.75, 3.05) is 5.32 Å². The molecule has 7 heteroatoms. The Hall–Kier alpha value is -2.77. The van der Waals surface area contributed by atoms with Crippen molar-refractivity contribution in [1.82, 2.24) is 5.32 Å². The number of carbonyl (C=O) groups excluding carboxylic acids is 1. The monoisotopic (exact) mass is 442 g/mol. The van der Waals surface area contributed by atoms with Gasteiger partial charge in [-0.2, -0.15) is 0 Å². The predicted octanol–water partition coefficient (Wildman–Crippen LogP) is 4.74. The van der Waals surface area contributed by atoms with E-state index in [-0.39, 0.29) is 16.6 Å². The van der Waals surface area contributed by atoms with Crippen LogP contribution in [-0.2, 0) is 0 Å². The molecule has 1 amide bonds. The quantitative estimate of drug-likeness (QED) is 0.510. The van der Waals surface area contributed by atoms with Crippen molar-refractivity contribution in [3.05, 3.63) is 75.8 Å². The van der Waals surface area contributed by atoms with Crippen LogP contribution in [0.2, 0.25) is 0 Å². The van der Waals surface area contributed by atoms with E-state index in [0.29, 0.717) is 11.3 Å². The molecule has 0 radical (unpaired) electrons. The normalized spacial score (nSPS) is 10.4. The maximum Gasteiger partial charge on any atom is 0.335 e. The Kier molecular flexibility index (Phi) is 5.53. The molecule has 0 spiro atoms. The summed E-state index contributed by atoms with van der Waals surface area (Å²) in [5.41, 5.74) is 1.97. The largest absolute Gasteiger partial charge is 0.478 e. The summed E-state index contributed by atoms with van der Waals surface area (Å²) < 4.78 is 0.900. The summed E-state index contributed by atoms with van der Waals surface area (Å²) >= 11 is 8.71. The smallest absolute Gasteiger partial charge is 0.335 e. The minimum Gasteiger partial charge on any atom is -0.478 e. The topological polar surface area (TPSA) is 78.4 Å². The average Bonchev–Trinajstić information content (AvgIpc) is 2.63. The third-order valence-electron chi connectivity index (χ3n) is 4.07. The van der Waals surface area contributed by atoms with Crippen molar-refractivity contribution < 1.29 is 14.7 Å². The molecule has 0 aliphatic rings. The number of aryl methyl sites for hydroxylation is 1. The van der Waals surface area contributed by atoms with E-state index in [4.69, 9.17) is 17.3 Å². The van der Waals surface area contributed by atoms with E-state index in [2.05, 4.69) is 26.6 Å². The van der Waals surface area contributed by atoms with Crippen molar-refractivity contribution in [1.29, 1.82) is 0 Å². The Morgan fingerprint density at radius 1 is 1.04 bits per heavy atom. The first-order valence-corrected chi connectivity index (χ1v) is 9.20. The number of carboxylic acid groups (broad SMARTS) is 1. The molecule has 5 nitrogen and oxygen atoms in total. The fourth-order valence-corrected chi connectivity index (χ4v) is 3.38. The number of halogens is 1. The molecule has 0 aliphatic carbocycles. The Balaban J connectivity index is 1.81. The molecular formula is C20H15BrN2O3S. The Bertz CT molecular complexity index is 1080. The number of hydrogen-bond acceptors (Lipinski definition) is 3. The molecule has 0 bridgehead atoms. The van der Waals surface area contributed by atoms with Crippen molar-refractivity contribution >= 4 is 61.6 Å². The number of carbonyl (C=O) groups is 2. The van der Waals surface area contributed by atoms with Gasteiger partial charge in [-0.15, -0.1) is 0 Å². The Morgan fingerprint density at radius 2 is 1.74 bits per heavy atom. The van der Waals surface area contributed by atoms with Gasteiger partial charge in [-0.3, -0.25) is 10.1 Å². The molecule has 0 saturated heterocycles. The maximum atomic E-state index is 12.7. The average molecular weight is 443 g/mol. The molecule has 0 unspecified atom stereocenters. The van der Waals surface area contributed by atoms with Crippen molar-refractivity contribution in [3.63, 3.8) is 0 Å².